The number of thioether (sulfide) groups is 2. The van der Waals surface area contributed by atoms with E-state index in [1.54, 1.807) is 16.7 Å². The van der Waals surface area contributed by atoms with Crippen LogP contribution < -0.4 is 4.90 Å². The quantitative estimate of drug-likeness (QED) is 0.574. The predicted molar refractivity (Wildman–Crippen MR) is 106 cm³/mol. The number of allylic oxidation sites excluding steroid dienone is 1. The summed E-state index contributed by atoms with van der Waals surface area (Å²) in [5.41, 5.74) is 2.19. The van der Waals surface area contributed by atoms with E-state index >= 15 is 0 Å². The number of hydrogen-bond acceptors (Lipinski definition) is 5. The Bertz CT molecular complexity index is 921. The van der Waals surface area contributed by atoms with Gasteiger partial charge < -0.3 is 0 Å². The Morgan fingerprint density at radius 3 is 2.92 bits per heavy atom. The number of rotatable bonds is 4. The maximum atomic E-state index is 13.5. The number of aromatic nitrogens is 3. The third-order valence-electron chi connectivity index (χ3n) is 5.06. The summed E-state index contributed by atoms with van der Waals surface area (Å²) in [5.74, 6) is 1.42. The highest BCUT2D eigenvalue weighted by molar-refractivity contribution is 8.03. The van der Waals surface area contributed by atoms with Crippen LogP contribution in [0.3, 0.4) is 0 Å². The van der Waals surface area contributed by atoms with Crippen LogP contribution in [0.5, 0.6) is 0 Å². The van der Waals surface area contributed by atoms with E-state index in [1.807, 2.05) is 48.2 Å². The molecule has 0 bridgehead atoms. The first kappa shape index (κ1) is 16.2. The minimum absolute atomic E-state index is 0.0464. The molecule has 0 fully saturated rings. The molecule has 5 rings (SSSR count). The second kappa shape index (κ2) is 6.32. The van der Waals surface area contributed by atoms with Gasteiger partial charge in [-0.25, -0.2) is 4.90 Å². The maximum Gasteiger partial charge on any atom is 0.244 e. The molecule has 3 aliphatic rings. The minimum atomic E-state index is -0.107. The van der Waals surface area contributed by atoms with E-state index in [1.165, 1.54) is 10.5 Å². The van der Waals surface area contributed by atoms with E-state index in [0.717, 1.165) is 35.9 Å². The molecule has 5 nitrogen and oxygen atoms in total. The zero-order chi connectivity index (χ0) is 17.7. The van der Waals surface area contributed by atoms with Gasteiger partial charge in [-0.1, -0.05) is 36.0 Å². The second-order valence-electron chi connectivity index (χ2n) is 6.55. The summed E-state index contributed by atoms with van der Waals surface area (Å²) in [6.45, 7) is 3.80. The van der Waals surface area contributed by atoms with Crippen LogP contribution in [0, 0.1) is 5.92 Å². The second-order valence-corrected chi connectivity index (χ2v) is 8.75. The zero-order valence-corrected chi connectivity index (χ0v) is 15.8. The highest BCUT2D eigenvalue weighted by atomic mass is 32.2. The van der Waals surface area contributed by atoms with E-state index in [-0.39, 0.29) is 17.2 Å². The van der Waals surface area contributed by atoms with Gasteiger partial charge >= 0.3 is 0 Å². The Kier molecular flexibility index (Phi) is 3.94. The van der Waals surface area contributed by atoms with E-state index < -0.39 is 0 Å². The predicted octanol–water partition coefficient (Wildman–Crippen LogP) is 4.53. The first-order chi connectivity index (χ1) is 12.8. The molecule has 0 N–H and O–H groups in total. The lowest BCUT2D eigenvalue weighted by Crippen LogP contribution is -2.42. The summed E-state index contributed by atoms with van der Waals surface area (Å²) in [4.78, 5) is 16.7. The van der Waals surface area contributed by atoms with Crippen molar-refractivity contribution in [3.05, 3.63) is 53.5 Å². The van der Waals surface area contributed by atoms with Gasteiger partial charge in [-0.2, -0.15) is 0 Å². The van der Waals surface area contributed by atoms with E-state index in [2.05, 4.69) is 21.3 Å². The van der Waals surface area contributed by atoms with Crippen LogP contribution in [0.15, 0.2) is 58.6 Å². The fourth-order valence-electron chi connectivity index (χ4n) is 4.00. The average molecular weight is 383 g/mol. The number of carbonyl (C=O) groups is 1. The number of benzene rings is 1. The van der Waals surface area contributed by atoms with Gasteiger partial charge in [0.1, 0.15) is 5.37 Å². The monoisotopic (exact) mass is 382 g/mol. The summed E-state index contributed by atoms with van der Waals surface area (Å²) in [5, 5.41) is 9.71. The Hall–Kier alpha value is -1.99. The van der Waals surface area contributed by atoms with E-state index in [9.17, 15) is 4.79 Å². The molecule has 0 saturated heterocycles. The Balaban J connectivity index is 1.66. The van der Waals surface area contributed by atoms with Gasteiger partial charge in [0.15, 0.2) is 5.16 Å². The van der Waals surface area contributed by atoms with Crippen LogP contribution in [0.1, 0.15) is 24.6 Å². The number of fused-ring (bicyclic) bond motifs is 4. The standard InChI is InChI=1S/C19H18N4OS2/c1-2-11-25-19-21-20-18-22(12-7-4-3-5-8-12)16(24)15-13-9-6-10-14(13)26-17(15)23(18)19/h2-5,7-8,15,17H,1,6,9-11H2. The van der Waals surface area contributed by atoms with Crippen molar-refractivity contribution >= 4 is 41.1 Å². The van der Waals surface area contributed by atoms with Crippen molar-refractivity contribution in [2.45, 2.75) is 29.8 Å². The van der Waals surface area contributed by atoms with Gasteiger partial charge in [0.25, 0.3) is 0 Å². The van der Waals surface area contributed by atoms with Crippen molar-refractivity contribution in [2.75, 3.05) is 10.7 Å². The van der Waals surface area contributed by atoms with Crippen molar-refractivity contribution in [1.82, 2.24) is 14.8 Å². The highest BCUT2D eigenvalue weighted by Crippen LogP contribution is 2.59. The van der Waals surface area contributed by atoms with Crippen LogP contribution >= 0.6 is 23.5 Å². The molecule has 0 radical (unpaired) electrons. The molecular weight excluding hydrogens is 364 g/mol. The topological polar surface area (TPSA) is 51.0 Å². The highest BCUT2D eigenvalue weighted by Gasteiger charge is 2.50. The van der Waals surface area contributed by atoms with Crippen LogP contribution in [-0.2, 0) is 4.79 Å². The minimum Gasteiger partial charge on any atom is -0.273 e. The average Bonchev–Trinajstić information content (AvgIpc) is 3.34. The summed E-state index contributed by atoms with van der Waals surface area (Å²) < 4.78 is 2.16. The molecule has 2 atom stereocenters. The summed E-state index contributed by atoms with van der Waals surface area (Å²) in [6.07, 6.45) is 5.15. The van der Waals surface area contributed by atoms with Gasteiger partial charge in [-0.05, 0) is 41.9 Å². The van der Waals surface area contributed by atoms with Crippen molar-refractivity contribution in [2.24, 2.45) is 5.92 Å². The van der Waals surface area contributed by atoms with Crippen LogP contribution in [0.4, 0.5) is 11.6 Å². The SMILES string of the molecule is C=CCSc1nnc2n1C1SC3=C(CCC3)C1C(=O)N2c1ccccc1. The maximum absolute atomic E-state index is 13.5. The third kappa shape index (κ3) is 2.30. The molecule has 1 aliphatic carbocycles. The Morgan fingerprint density at radius 1 is 1.27 bits per heavy atom. The van der Waals surface area contributed by atoms with Gasteiger partial charge in [-0.15, -0.1) is 28.5 Å². The largest absolute Gasteiger partial charge is 0.273 e. The number of anilines is 2. The summed E-state index contributed by atoms with van der Waals surface area (Å²) >= 11 is 3.46. The van der Waals surface area contributed by atoms with Crippen molar-refractivity contribution in [1.29, 1.82) is 0 Å². The molecule has 2 unspecified atom stereocenters. The summed E-state index contributed by atoms with van der Waals surface area (Å²) in [7, 11) is 0. The molecule has 3 heterocycles. The normalized spacial score (nSPS) is 23.8. The number of nitrogens with zero attached hydrogens (tertiary/aromatic N) is 4. The van der Waals surface area contributed by atoms with E-state index in [0.29, 0.717) is 5.95 Å². The van der Waals surface area contributed by atoms with Gasteiger partial charge in [0.05, 0.1) is 11.6 Å². The first-order valence-electron chi connectivity index (χ1n) is 8.76. The van der Waals surface area contributed by atoms with Gasteiger partial charge in [0, 0.05) is 5.75 Å². The lowest BCUT2D eigenvalue weighted by atomic mass is 9.95. The molecule has 2 aromatic rings. The number of hydrogen-bond donors (Lipinski definition) is 0. The van der Waals surface area contributed by atoms with Crippen LogP contribution in [0.25, 0.3) is 0 Å². The fraction of sp³-hybridized carbons (Fsp3) is 0.316. The fourth-order valence-corrected chi connectivity index (χ4v) is 6.41. The van der Waals surface area contributed by atoms with Crippen LogP contribution in [0.2, 0.25) is 0 Å². The molecule has 1 aromatic carbocycles. The number of carbonyl (C=O) groups excluding carboxylic acids is 1. The number of amides is 1. The molecule has 2 aliphatic heterocycles. The lowest BCUT2D eigenvalue weighted by Gasteiger charge is -2.35. The molecule has 26 heavy (non-hydrogen) atoms. The molecule has 0 saturated carbocycles. The van der Waals surface area contributed by atoms with Gasteiger partial charge in [-0.3, -0.25) is 9.36 Å². The van der Waals surface area contributed by atoms with Crippen LogP contribution in [-0.4, -0.2) is 26.4 Å². The molecular formula is C19H18N4OS2. The smallest absolute Gasteiger partial charge is 0.244 e. The third-order valence-corrected chi connectivity index (χ3v) is 7.48. The molecule has 0 spiro atoms. The molecule has 1 amide bonds. The van der Waals surface area contributed by atoms with Crippen molar-refractivity contribution < 1.29 is 4.79 Å². The molecule has 132 valence electrons. The number of para-hydroxylation sites is 1. The lowest BCUT2D eigenvalue weighted by molar-refractivity contribution is -0.121. The first-order valence-corrected chi connectivity index (χ1v) is 10.6. The van der Waals surface area contributed by atoms with Crippen molar-refractivity contribution in [3.8, 4) is 0 Å². The Morgan fingerprint density at radius 2 is 2.12 bits per heavy atom. The van der Waals surface area contributed by atoms with E-state index in [4.69, 9.17) is 0 Å². The van der Waals surface area contributed by atoms with Gasteiger partial charge in [0.2, 0.25) is 11.9 Å². The molecule has 7 heteroatoms. The molecule has 1 aromatic heterocycles. The Labute approximate surface area is 160 Å². The zero-order valence-electron chi connectivity index (χ0n) is 14.2. The summed E-state index contributed by atoms with van der Waals surface area (Å²) in [6, 6.07) is 9.78. The van der Waals surface area contributed by atoms with Crippen molar-refractivity contribution in [3.63, 3.8) is 0 Å².